The number of esters is 1. The molecule has 0 unspecified atom stereocenters. The molecule has 32 heavy (non-hydrogen) atoms. The summed E-state index contributed by atoms with van der Waals surface area (Å²) in [6, 6.07) is 12.2. The summed E-state index contributed by atoms with van der Waals surface area (Å²) in [7, 11) is 0. The second-order valence-corrected chi connectivity index (χ2v) is 8.21. The van der Waals surface area contributed by atoms with Crippen LogP contribution in [0.5, 0.6) is 11.5 Å². The van der Waals surface area contributed by atoms with Crippen LogP contribution in [0.2, 0.25) is 10.0 Å². The van der Waals surface area contributed by atoms with Crippen molar-refractivity contribution in [2.24, 2.45) is 0 Å². The van der Waals surface area contributed by atoms with Crippen LogP contribution in [0.4, 0.5) is 4.79 Å². The molecule has 7 nitrogen and oxygen atoms in total. The lowest BCUT2D eigenvalue weighted by molar-refractivity contribution is -0.145. The molecule has 0 N–H and O–H groups in total. The van der Waals surface area contributed by atoms with Crippen LogP contribution in [0, 0.1) is 0 Å². The van der Waals surface area contributed by atoms with Crippen LogP contribution in [-0.4, -0.2) is 48.4 Å². The highest BCUT2D eigenvalue weighted by Crippen LogP contribution is 2.37. The molecule has 1 fully saturated rings. The monoisotopic (exact) mass is 495 g/mol. The number of hydrogen-bond donors (Lipinski definition) is 0. The van der Waals surface area contributed by atoms with E-state index < -0.39 is 11.9 Å². The van der Waals surface area contributed by atoms with Gasteiger partial charge >= 0.3 is 5.97 Å². The molecule has 0 radical (unpaired) electrons. The largest absolute Gasteiger partial charge is 0.492 e. The van der Waals surface area contributed by atoms with E-state index in [9.17, 15) is 14.4 Å². The fourth-order valence-corrected chi connectivity index (χ4v) is 4.23. The smallest absolute Gasteiger partial charge is 0.344 e. The van der Waals surface area contributed by atoms with E-state index >= 15 is 0 Å². The van der Waals surface area contributed by atoms with E-state index in [4.69, 9.17) is 37.4 Å². The lowest BCUT2D eigenvalue weighted by atomic mass is 10.2. The van der Waals surface area contributed by atoms with Gasteiger partial charge < -0.3 is 14.2 Å². The lowest BCUT2D eigenvalue weighted by Gasteiger charge is -2.13. The van der Waals surface area contributed by atoms with E-state index in [1.165, 1.54) is 18.2 Å². The molecule has 0 aliphatic carbocycles. The molecule has 1 saturated heterocycles. The van der Waals surface area contributed by atoms with Gasteiger partial charge in [0, 0.05) is 0 Å². The van der Waals surface area contributed by atoms with Crippen molar-refractivity contribution in [1.29, 1.82) is 0 Å². The first-order valence-electron chi connectivity index (χ1n) is 9.59. The summed E-state index contributed by atoms with van der Waals surface area (Å²) in [5, 5.41) is -0.0726. The first-order chi connectivity index (χ1) is 15.4. The van der Waals surface area contributed by atoms with Gasteiger partial charge in [0.2, 0.25) is 0 Å². The number of imide groups is 1. The third-order valence-corrected chi connectivity index (χ3v) is 5.63. The summed E-state index contributed by atoms with van der Waals surface area (Å²) in [5.74, 6) is -0.186. The van der Waals surface area contributed by atoms with E-state index in [1.54, 1.807) is 19.1 Å². The van der Waals surface area contributed by atoms with Gasteiger partial charge in [-0.1, -0.05) is 41.4 Å². The minimum atomic E-state index is -0.548. The van der Waals surface area contributed by atoms with Gasteiger partial charge in [0.1, 0.15) is 12.4 Å². The molecule has 1 heterocycles. The molecular weight excluding hydrogens is 477 g/mol. The van der Waals surface area contributed by atoms with Gasteiger partial charge in [-0.15, -0.1) is 0 Å². The number of amides is 2. The minimum absolute atomic E-state index is 0.124. The van der Waals surface area contributed by atoms with E-state index in [-0.39, 0.29) is 52.3 Å². The Bertz CT molecular complexity index is 1020. The van der Waals surface area contributed by atoms with Crippen molar-refractivity contribution in [2.75, 3.05) is 26.4 Å². The Labute approximate surface area is 199 Å². The predicted octanol–water partition coefficient (Wildman–Crippen LogP) is 5.05. The molecule has 0 bridgehead atoms. The van der Waals surface area contributed by atoms with Crippen molar-refractivity contribution in [3.8, 4) is 11.5 Å². The minimum Gasteiger partial charge on any atom is -0.492 e. The van der Waals surface area contributed by atoms with Crippen molar-refractivity contribution < 1.29 is 28.6 Å². The van der Waals surface area contributed by atoms with E-state index in [1.807, 2.05) is 18.2 Å². The molecule has 2 aromatic rings. The normalized spacial score (nSPS) is 14.7. The quantitative estimate of drug-likeness (QED) is 0.355. The molecule has 1 aliphatic heterocycles. The summed E-state index contributed by atoms with van der Waals surface area (Å²) < 4.78 is 15.7. The summed E-state index contributed by atoms with van der Waals surface area (Å²) >= 11 is 13.3. The maximum atomic E-state index is 12.7. The third-order valence-electron chi connectivity index (χ3n) is 4.16. The number of rotatable bonds is 9. The van der Waals surface area contributed by atoms with Gasteiger partial charge in [-0.2, -0.15) is 0 Å². The van der Waals surface area contributed by atoms with Gasteiger partial charge in [0.05, 0.1) is 28.1 Å². The van der Waals surface area contributed by atoms with Crippen LogP contribution in [-0.2, 0) is 14.3 Å². The molecule has 1 aliphatic rings. The fourth-order valence-electron chi connectivity index (χ4n) is 2.75. The number of carbonyl (C=O) groups excluding carboxylic acids is 3. The Morgan fingerprint density at radius 3 is 2.44 bits per heavy atom. The van der Waals surface area contributed by atoms with Crippen molar-refractivity contribution in [3.63, 3.8) is 0 Å². The van der Waals surface area contributed by atoms with Crippen molar-refractivity contribution in [2.45, 2.75) is 6.92 Å². The number of halogens is 2. The van der Waals surface area contributed by atoms with E-state index in [0.29, 0.717) is 11.3 Å². The highest BCUT2D eigenvalue weighted by Gasteiger charge is 2.34. The average Bonchev–Trinajstić information content (AvgIpc) is 3.01. The first kappa shape index (κ1) is 24.0. The number of thioether (sulfide) groups is 1. The topological polar surface area (TPSA) is 82.1 Å². The number of benzene rings is 2. The van der Waals surface area contributed by atoms with Gasteiger partial charge in [-0.3, -0.25) is 14.5 Å². The van der Waals surface area contributed by atoms with Crippen molar-refractivity contribution in [1.82, 2.24) is 4.90 Å². The maximum Gasteiger partial charge on any atom is 0.344 e. The Kier molecular flexibility index (Phi) is 8.44. The third kappa shape index (κ3) is 6.18. The molecule has 168 valence electrons. The molecular formula is C22H19Cl2NO6S. The zero-order valence-electron chi connectivity index (χ0n) is 17.0. The number of carbonyl (C=O) groups is 3. The SMILES string of the molecule is CCOC(=O)COc1c(Cl)cc(/C=C2\SC(=O)N(CCOc3ccccc3)C2=O)cc1Cl. The number of nitrogens with zero attached hydrogens (tertiary/aromatic N) is 1. The summed E-state index contributed by atoms with van der Waals surface area (Å²) in [6.07, 6.45) is 1.52. The molecule has 0 atom stereocenters. The van der Waals surface area contributed by atoms with Gasteiger partial charge in [-0.05, 0) is 54.6 Å². The van der Waals surface area contributed by atoms with Gasteiger partial charge in [0.15, 0.2) is 12.4 Å². The molecule has 0 saturated carbocycles. The maximum absolute atomic E-state index is 12.7. The summed E-state index contributed by atoms with van der Waals surface area (Å²) in [4.78, 5) is 37.8. The second kappa shape index (κ2) is 11.3. The second-order valence-electron chi connectivity index (χ2n) is 6.40. The predicted molar refractivity (Wildman–Crippen MR) is 123 cm³/mol. The van der Waals surface area contributed by atoms with Crippen LogP contribution < -0.4 is 9.47 Å². The summed E-state index contributed by atoms with van der Waals surface area (Å²) in [5.41, 5.74) is 0.509. The van der Waals surface area contributed by atoms with Crippen LogP contribution in [0.1, 0.15) is 12.5 Å². The fraction of sp³-hybridized carbons (Fsp3) is 0.227. The zero-order chi connectivity index (χ0) is 23.1. The summed E-state index contributed by atoms with van der Waals surface area (Å²) in [6.45, 7) is 1.88. The van der Waals surface area contributed by atoms with E-state index in [2.05, 4.69) is 0 Å². The standard InChI is InChI=1S/C22H19Cl2NO6S/c1-2-29-19(26)13-31-20-16(23)10-14(11-17(20)24)12-18-21(27)25(22(28)32-18)8-9-30-15-6-4-3-5-7-15/h3-7,10-12H,2,8-9,13H2,1H3/b18-12-. The van der Waals surface area contributed by atoms with Crippen molar-refractivity contribution in [3.05, 3.63) is 63.0 Å². The molecule has 10 heteroatoms. The highest BCUT2D eigenvalue weighted by atomic mass is 35.5. The van der Waals surface area contributed by atoms with Gasteiger partial charge in [0.25, 0.3) is 11.1 Å². The zero-order valence-corrected chi connectivity index (χ0v) is 19.3. The molecule has 3 rings (SSSR count). The Hall–Kier alpha value is -2.68. The number of hydrogen-bond acceptors (Lipinski definition) is 7. The van der Waals surface area contributed by atoms with Crippen LogP contribution in [0.3, 0.4) is 0 Å². The van der Waals surface area contributed by atoms with Crippen molar-refractivity contribution >= 4 is 58.2 Å². The lowest BCUT2D eigenvalue weighted by Crippen LogP contribution is -2.32. The Morgan fingerprint density at radius 1 is 1.09 bits per heavy atom. The number of para-hydroxylation sites is 1. The van der Waals surface area contributed by atoms with Crippen LogP contribution in [0.25, 0.3) is 6.08 Å². The Morgan fingerprint density at radius 2 is 1.78 bits per heavy atom. The molecule has 2 amide bonds. The molecule has 2 aromatic carbocycles. The molecule has 0 aromatic heterocycles. The van der Waals surface area contributed by atoms with Crippen LogP contribution in [0.15, 0.2) is 47.4 Å². The first-order valence-corrected chi connectivity index (χ1v) is 11.2. The highest BCUT2D eigenvalue weighted by molar-refractivity contribution is 8.18. The molecule has 0 spiro atoms. The number of ether oxygens (including phenoxy) is 3. The Balaban J connectivity index is 1.65. The van der Waals surface area contributed by atoms with Crippen LogP contribution >= 0.6 is 35.0 Å². The van der Waals surface area contributed by atoms with Gasteiger partial charge in [-0.25, -0.2) is 4.79 Å². The van der Waals surface area contributed by atoms with E-state index in [0.717, 1.165) is 16.7 Å². The average molecular weight is 496 g/mol.